The van der Waals surface area contributed by atoms with Gasteiger partial charge < -0.3 is 10.1 Å². The Morgan fingerprint density at radius 3 is 2.47 bits per heavy atom. The minimum absolute atomic E-state index is 0.130. The van der Waals surface area contributed by atoms with E-state index < -0.39 is 0 Å². The molecule has 6 nitrogen and oxygen atoms in total. The van der Waals surface area contributed by atoms with E-state index in [2.05, 4.69) is 53.2 Å². The first-order valence-corrected chi connectivity index (χ1v) is 11.6. The Hall–Kier alpha value is -2.67. The molecule has 0 spiro atoms. The monoisotopic (exact) mass is 437 g/mol. The quantitative estimate of drug-likeness (QED) is 0.241. The van der Waals surface area contributed by atoms with Gasteiger partial charge in [0.15, 0.2) is 0 Å². The molecule has 0 unspecified atom stereocenters. The van der Waals surface area contributed by atoms with E-state index in [0.717, 1.165) is 31.5 Å². The Labute approximate surface area is 190 Å². The van der Waals surface area contributed by atoms with Gasteiger partial charge in [0, 0.05) is 42.7 Å². The van der Waals surface area contributed by atoms with Crippen LogP contribution in [0.25, 0.3) is 10.9 Å². The second kappa shape index (κ2) is 12.4. The van der Waals surface area contributed by atoms with Gasteiger partial charge >= 0.3 is 0 Å². The van der Waals surface area contributed by atoms with E-state index >= 15 is 0 Å². The van der Waals surface area contributed by atoms with Gasteiger partial charge in [0.1, 0.15) is 0 Å². The molecule has 172 valence electrons. The third-order valence-corrected chi connectivity index (χ3v) is 5.97. The van der Waals surface area contributed by atoms with Gasteiger partial charge in [-0.05, 0) is 48.4 Å². The maximum absolute atomic E-state index is 11.2. The number of hydrogen-bond acceptors (Lipinski definition) is 4. The van der Waals surface area contributed by atoms with E-state index in [1.54, 1.807) is 5.48 Å². The van der Waals surface area contributed by atoms with Gasteiger partial charge in [-0.25, -0.2) is 5.48 Å². The number of nitrogens with zero attached hydrogens (tertiary/aromatic N) is 1. The van der Waals surface area contributed by atoms with E-state index in [0.29, 0.717) is 13.0 Å². The van der Waals surface area contributed by atoms with E-state index in [-0.39, 0.29) is 18.9 Å². The van der Waals surface area contributed by atoms with Crippen molar-refractivity contribution in [3.63, 3.8) is 0 Å². The highest BCUT2D eigenvalue weighted by Gasteiger charge is 2.13. The van der Waals surface area contributed by atoms with Crippen LogP contribution in [-0.2, 0) is 30.6 Å². The number of fused-ring (bicyclic) bond motifs is 1. The molecule has 2 aromatic carbocycles. The number of carbonyl (C=O) groups is 1. The van der Waals surface area contributed by atoms with Crippen LogP contribution < -0.4 is 5.48 Å². The Balaban J connectivity index is 1.65. The minimum Gasteiger partial charge on any atom is -0.395 e. The molecule has 0 aliphatic rings. The SMILES string of the molecule is CCCCc1[nH]c2ccccc2c1CCN(CCO)Cc1ccc(CCC(=O)NO)cc1. The number of nitrogens with one attached hydrogen (secondary N) is 2. The number of aromatic amines is 1. The highest BCUT2D eigenvalue weighted by atomic mass is 16.5. The van der Waals surface area contributed by atoms with Gasteiger partial charge in [0.2, 0.25) is 5.91 Å². The van der Waals surface area contributed by atoms with E-state index in [9.17, 15) is 9.90 Å². The van der Waals surface area contributed by atoms with E-state index in [1.807, 2.05) is 12.1 Å². The van der Waals surface area contributed by atoms with Crippen molar-refractivity contribution in [2.24, 2.45) is 0 Å². The standard InChI is InChI=1S/C26H35N3O3/c1-2-3-7-24-23(22-6-4-5-8-25(22)27-24)15-16-29(17-18-30)19-21-11-9-20(10-12-21)13-14-26(31)28-32/h4-6,8-12,27,30,32H,2-3,7,13-19H2,1H3,(H,28,31). The zero-order valence-electron chi connectivity index (χ0n) is 18.9. The Morgan fingerprint density at radius 2 is 1.75 bits per heavy atom. The topological polar surface area (TPSA) is 88.6 Å². The minimum atomic E-state index is -0.376. The fourth-order valence-corrected chi connectivity index (χ4v) is 4.17. The first-order chi connectivity index (χ1) is 15.6. The van der Waals surface area contributed by atoms with Gasteiger partial charge in [0.05, 0.1) is 6.61 Å². The molecule has 0 radical (unpaired) electrons. The van der Waals surface area contributed by atoms with Crippen molar-refractivity contribution in [1.29, 1.82) is 0 Å². The summed E-state index contributed by atoms with van der Waals surface area (Å²) >= 11 is 0. The average Bonchev–Trinajstić information content (AvgIpc) is 3.18. The summed E-state index contributed by atoms with van der Waals surface area (Å²) in [5.74, 6) is -0.376. The lowest BCUT2D eigenvalue weighted by Gasteiger charge is -2.22. The van der Waals surface area contributed by atoms with Crippen LogP contribution in [0.2, 0.25) is 0 Å². The number of hydrogen-bond donors (Lipinski definition) is 4. The number of aliphatic hydroxyl groups is 1. The van der Waals surface area contributed by atoms with Gasteiger partial charge in [0.25, 0.3) is 0 Å². The molecule has 3 rings (SSSR count). The van der Waals surface area contributed by atoms with Gasteiger partial charge in [-0.1, -0.05) is 55.8 Å². The number of carbonyl (C=O) groups excluding carboxylic acids is 1. The highest BCUT2D eigenvalue weighted by Crippen LogP contribution is 2.25. The Bertz CT molecular complexity index is 982. The molecule has 4 N–H and O–H groups in total. The lowest BCUT2D eigenvalue weighted by Crippen LogP contribution is -2.29. The summed E-state index contributed by atoms with van der Waals surface area (Å²) in [5, 5.41) is 19.5. The zero-order chi connectivity index (χ0) is 22.8. The summed E-state index contributed by atoms with van der Waals surface area (Å²) in [6.07, 6.45) is 5.21. The highest BCUT2D eigenvalue weighted by molar-refractivity contribution is 5.84. The third kappa shape index (κ3) is 6.66. The molecule has 1 amide bonds. The summed E-state index contributed by atoms with van der Waals surface area (Å²) in [6, 6.07) is 16.7. The van der Waals surface area contributed by atoms with Crippen molar-refractivity contribution >= 4 is 16.8 Å². The second-order valence-corrected chi connectivity index (χ2v) is 8.33. The number of aryl methyl sites for hydroxylation is 2. The summed E-state index contributed by atoms with van der Waals surface area (Å²) in [4.78, 5) is 17.1. The average molecular weight is 438 g/mol. The number of aliphatic hydroxyl groups excluding tert-OH is 1. The van der Waals surface area contributed by atoms with Crippen molar-refractivity contribution in [3.05, 3.63) is 70.9 Å². The van der Waals surface area contributed by atoms with Gasteiger partial charge in [-0.15, -0.1) is 0 Å². The number of para-hydroxylation sites is 1. The van der Waals surface area contributed by atoms with Crippen molar-refractivity contribution in [2.45, 2.75) is 52.0 Å². The smallest absolute Gasteiger partial charge is 0.243 e. The Kier molecular flexibility index (Phi) is 9.28. The van der Waals surface area contributed by atoms with Gasteiger partial charge in [-0.3, -0.25) is 14.9 Å². The predicted molar refractivity (Wildman–Crippen MR) is 128 cm³/mol. The lowest BCUT2D eigenvalue weighted by molar-refractivity contribution is -0.129. The van der Waals surface area contributed by atoms with Crippen LogP contribution in [0.3, 0.4) is 0 Å². The second-order valence-electron chi connectivity index (χ2n) is 8.33. The van der Waals surface area contributed by atoms with Crippen LogP contribution in [0.1, 0.15) is 48.6 Å². The van der Waals surface area contributed by atoms with Crippen LogP contribution in [0.5, 0.6) is 0 Å². The normalized spacial score (nSPS) is 11.4. The summed E-state index contributed by atoms with van der Waals surface area (Å²) in [5.41, 5.74) is 7.85. The van der Waals surface area contributed by atoms with Crippen LogP contribution in [0.15, 0.2) is 48.5 Å². The van der Waals surface area contributed by atoms with Crippen LogP contribution in [0.4, 0.5) is 0 Å². The first kappa shape index (κ1) is 24.0. The van der Waals surface area contributed by atoms with Crippen LogP contribution in [-0.4, -0.2) is 45.8 Å². The largest absolute Gasteiger partial charge is 0.395 e. The van der Waals surface area contributed by atoms with Crippen molar-refractivity contribution in [3.8, 4) is 0 Å². The maximum atomic E-state index is 11.2. The summed E-state index contributed by atoms with van der Waals surface area (Å²) in [6.45, 7) is 4.62. The molecule has 0 aliphatic heterocycles. The number of amides is 1. The number of aromatic nitrogens is 1. The molecule has 6 heteroatoms. The molecule has 0 atom stereocenters. The molecule has 0 fully saturated rings. The number of unbranched alkanes of at least 4 members (excludes halogenated alkanes) is 1. The number of H-pyrrole nitrogens is 1. The summed E-state index contributed by atoms with van der Waals surface area (Å²) in [7, 11) is 0. The molecule has 1 aromatic heterocycles. The van der Waals surface area contributed by atoms with Crippen molar-refractivity contribution in [2.75, 3.05) is 19.7 Å². The van der Waals surface area contributed by atoms with Crippen molar-refractivity contribution in [1.82, 2.24) is 15.4 Å². The van der Waals surface area contributed by atoms with E-state index in [1.165, 1.54) is 40.6 Å². The first-order valence-electron chi connectivity index (χ1n) is 11.6. The van der Waals surface area contributed by atoms with Gasteiger partial charge in [-0.2, -0.15) is 0 Å². The zero-order valence-corrected chi connectivity index (χ0v) is 18.9. The number of rotatable bonds is 13. The van der Waals surface area contributed by atoms with Crippen LogP contribution >= 0.6 is 0 Å². The molecule has 1 heterocycles. The predicted octanol–water partition coefficient (Wildman–Crippen LogP) is 3.99. The lowest BCUT2D eigenvalue weighted by atomic mass is 10.0. The molecule has 3 aromatic rings. The van der Waals surface area contributed by atoms with Crippen molar-refractivity contribution < 1.29 is 15.1 Å². The molecule has 0 bridgehead atoms. The third-order valence-electron chi connectivity index (χ3n) is 5.97. The molecule has 0 aliphatic carbocycles. The molecule has 0 saturated carbocycles. The Morgan fingerprint density at radius 1 is 1.00 bits per heavy atom. The van der Waals surface area contributed by atoms with E-state index in [4.69, 9.17) is 5.21 Å². The molecular formula is C26H35N3O3. The maximum Gasteiger partial charge on any atom is 0.243 e. The number of hydroxylamine groups is 1. The fraction of sp³-hybridized carbons (Fsp3) is 0.423. The molecule has 32 heavy (non-hydrogen) atoms. The molecular weight excluding hydrogens is 402 g/mol. The number of benzene rings is 2. The van der Waals surface area contributed by atoms with Crippen LogP contribution in [0, 0.1) is 0 Å². The molecule has 0 saturated heterocycles. The fourth-order valence-electron chi connectivity index (χ4n) is 4.17. The summed E-state index contributed by atoms with van der Waals surface area (Å²) < 4.78 is 0.